The van der Waals surface area contributed by atoms with Crippen molar-refractivity contribution in [1.82, 2.24) is 5.32 Å². The molecule has 86 valence electrons. The quantitative estimate of drug-likeness (QED) is 0.688. The molecule has 0 aliphatic carbocycles. The summed E-state index contributed by atoms with van der Waals surface area (Å²) in [5.41, 5.74) is 0. The third-order valence-electron chi connectivity index (χ3n) is 1.40. The van der Waals surface area contributed by atoms with Crippen molar-refractivity contribution in [3.05, 3.63) is 12.7 Å². The molecule has 0 saturated heterocycles. The first-order valence-electron chi connectivity index (χ1n) is 3.96. The van der Waals surface area contributed by atoms with Crippen LogP contribution in [0.1, 0.15) is 12.8 Å². The summed E-state index contributed by atoms with van der Waals surface area (Å²) in [7, 11) is 0. The van der Waals surface area contributed by atoms with E-state index in [0.717, 1.165) is 0 Å². The maximum Gasteiger partial charge on any atom is 0.397 e. The van der Waals surface area contributed by atoms with Crippen molar-refractivity contribution in [3.63, 3.8) is 0 Å². The number of aliphatic carboxylic acids is 1. The maximum atomic E-state index is 11.7. The summed E-state index contributed by atoms with van der Waals surface area (Å²) in [6.07, 6.45) is -5.25. The molecule has 0 spiro atoms. The topological polar surface area (TPSA) is 66.4 Å². The number of halogens is 3. The lowest BCUT2D eigenvalue weighted by Crippen LogP contribution is -2.41. The van der Waals surface area contributed by atoms with Crippen molar-refractivity contribution in [3.8, 4) is 0 Å². The van der Waals surface area contributed by atoms with Crippen molar-refractivity contribution in [2.24, 2.45) is 0 Å². The molecule has 1 atom stereocenters. The van der Waals surface area contributed by atoms with Gasteiger partial charge in [-0.2, -0.15) is 13.2 Å². The first-order chi connectivity index (χ1) is 6.76. The molecule has 0 aromatic heterocycles. The summed E-state index contributed by atoms with van der Waals surface area (Å²) in [5, 5.41) is 10.3. The van der Waals surface area contributed by atoms with Crippen molar-refractivity contribution in [2.75, 3.05) is 0 Å². The molecule has 0 heterocycles. The molecule has 0 rings (SSSR count). The Hall–Kier alpha value is -1.53. The number of carboxylic acids is 1. The van der Waals surface area contributed by atoms with E-state index in [1.165, 1.54) is 6.08 Å². The zero-order chi connectivity index (χ0) is 12.1. The van der Waals surface area contributed by atoms with Gasteiger partial charge in [0, 0.05) is 0 Å². The van der Waals surface area contributed by atoms with Crippen molar-refractivity contribution in [1.29, 1.82) is 0 Å². The van der Waals surface area contributed by atoms with Crippen LogP contribution in [0.4, 0.5) is 13.2 Å². The Morgan fingerprint density at radius 1 is 1.47 bits per heavy atom. The van der Waals surface area contributed by atoms with Gasteiger partial charge in [0.05, 0.1) is 0 Å². The molecule has 1 unspecified atom stereocenters. The van der Waals surface area contributed by atoms with Gasteiger partial charge in [-0.25, -0.2) is 4.79 Å². The number of carbonyl (C=O) groups excluding carboxylic acids is 1. The number of carboxylic acid groups (broad SMARTS) is 1. The molecule has 0 aliphatic heterocycles. The van der Waals surface area contributed by atoms with Gasteiger partial charge in [-0.05, 0) is 6.42 Å². The number of rotatable bonds is 5. The molecular formula is C8H10F3NO3. The molecule has 0 saturated carbocycles. The van der Waals surface area contributed by atoms with E-state index in [9.17, 15) is 22.8 Å². The minimum atomic E-state index is -4.64. The number of carbonyl (C=O) groups is 2. The van der Waals surface area contributed by atoms with Crippen LogP contribution in [-0.4, -0.2) is 29.2 Å². The largest absolute Gasteiger partial charge is 0.480 e. The second-order valence-electron chi connectivity index (χ2n) is 2.77. The van der Waals surface area contributed by atoms with Gasteiger partial charge < -0.3 is 10.4 Å². The standard InChI is InChI=1S/C8H10F3NO3/c1-2-3-5(7(14)15)12-6(13)4-8(9,10)11/h2,5H,1,3-4H2,(H,12,13)(H,14,15). The fourth-order valence-electron chi connectivity index (χ4n) is 0.816. The van der Waals surface area contributed by atoms with Crippen molar-refractivity contribution in [2.45, 2.75) is 25.1 Å². The Morgan fingerprint density at radius 2 is 2.00 bits per heavy atom. The molecule has 7 heteroatoms. The van der Waals surface area contributed by atoms with Crippen LogP contribution in [0.15, 0.2) is 12.7 Å². The van der Waals surface area contributed by atoms with Crippen LogP contribution in [0.2, 0.25) is 0 Å². The Labute approximate surface area is 83.8 Å². The van der Waals surface area contributed by atoms with E-state index >= 15 is 0 Å². The molecule has 0 aliphatic rings. The van der Waals surface area contributed by atoms with Gasteiger partial charge in [0.1, 0.15) is 12.5 Å². The fourth-order valence-corrected chi connectivity index (χ4v) is 0.816. The molecule has 0 bridgehead atoms. The molecule has 0 radical (unpaired) electrons. The number of hydrogen-bond donors (Lipinski definition) is 2. The predicted molar refractivity (Wildman–Crippen MR) is 45.1 cm³/mol. The Morgan fingerprint density at radius 3 is 2.33 bits per heavy atom. The summed E-state index contributed by atoms with van der Waals surface area (Å²) in [6, 6.07) is -1.36. The highest BCUT2D eigenvalue weighted by atomic mass is 19.4. The number of amides is 1. The summed E-state index contributed by atoms with van der Waals surface area (Å²) >= 11 is 0. The lowest BCUT2D eigenvalue weighted by Gasteiger charge is -2.13. The average molecular weight is 225 g/mol. The van der Waals surface area contributed by atoms with Crippen molar-refractivity contribution < 1.29 is 27.9 Å². The highest BCUT2D eigenvalue weighted by molar-refractivity contribution is 5.83. The molecule has 2 N–H and O–H groups in total. The second kappa shape index (κ2) is 5.38. The first kappa shape index (κ1) is 13.5. The van der Waals surface area contributed by atoms with Crippen LogP contribution in [-0.2, 0) is 9.59 Å². The van der Waals surface area contributed by atoms with E-state index < -0.39 is 30.5 Å². The summed E-state index contributed by atoms with van der Waals surface area (Å²) < 4.78 is 35.1. The molecule has 0 fully saturated rings. The fraction of sp³-hybridized carbons (Fsp3) is 0.500. The van der Waals surface area contributed by atoms with Crippen LogP contribution in [0, 0.1) is 0 Å². The Kier molecular flexibility index (Phi) is 4.83. The van der Waals surface area contributed by atoms with Crippen LogP contribution < -0.4 is 5.32 Å². The summed E-state index contributed by atoms with van der Waals surface area (Å²) in [4.78, 5) is 21.2. The van der Waals surface area contributed by atoms with Gasteiger partial charge in [0.2, 0.25) is 5.91 Å². The molecular weight excluding hydrogens is 215 g/mol. The highest BCUT2D eigenvalue weighted by Crippen LogP contribution is 2.19. The third kappa shape index (κ3) is 6.53. The Bertz CT molecular complexity index is 262. The molecule has 15 heavy (non-hydrogen) atoms. The highest BCUT2D eigenvalue weighted by Gasteiger charge is 2.32. The van der Waals surface area contributed by atoms with Crippen LogP contribution in [0.25, 0.3) is 0 Å². The van der Waals surface area contributed by atoms with Gasteiger partial charge in [0.25, 0.3) is 0 Å². The Balaban J connectivity index is 4.23. The normalized spacial score (nSPS) is 13.0. The molecule has 1 amide bonds. The van der Waals surface area contributed by atoms with E-state index in [0.29, 0.717) is 0 Å². The van der Waals surface area contributed by atoms with Crippen molar-refractivity contribution >= 4 is 11.9 Å². The summed E-state index contributed by atoms with van der Waals surface area (Å²) in [5.74, 6) is -2.76. The zero-order valence-electron chi connectivity index (χ0n) is 7.67. The van der Waals surface area contributed by atoms with Crippen LogP contribution >= 0.6 is 0 Å². The third-order valence-corrected chi connectivity index (χ3v) is 1.40. The zero-order valence-corrected chi connectivity index (χ0v) is 7.67. The molecule has 4 nitrogen and oxygen atoms in total. The summed E-state index contributed by atoms with van der Waals surface area (Å²) in [6.45, 7) is 3.23. The monoisotopic (exact) mass is 225 g/mol. The molecule has 0 aromatic rings. The second-order valence-corrected chi connectivity index (χ2v) is 2.77. The number of alkyl halides is 3. The van der Waals surface area contributed by atoms with Crippen LogP contribution in [0.3, 0.4) is 0 Å². The number of hydrogen-bond acceptors (Lipinski definition) is 2. The average Bonchev–Trinajstić information content (AvgIpc) is 1.99. The van der Waals surface area contributed by atoms with Gasteiger partial charge in [-0.1, -0.05) is 6.08 Å². The lowest BCUT2D eigenvalue weighted by atomic mass is 10.2. The first-order valence-corrected chi connectivity index (χ1v) is 3.96. The van der Waals surface area contributed by atoms with E-state index in [2.05, 4.69) is 6.58 Å². The van der Waals surface area contributed by atoms with Gasteiger partial charge in [-0.15, -0.1) is 6.58 Å². The minimum absolute atomic E-state index is 0.126. The van der Waals surface area contributed by atoms with Crippen LogP contribution in [0.5, 0.6) is 0 Å². The van der Waals surface area contributed by atoms with Gasteiger partial charge in [0.15, 0.2) is 0 Å². The molecule has 0 aromatic carbocycles. The smallest absolute Gasteiger partial charge is 0.397 e. The SMILES string of the molecule is C=CCC(NC(=O)CC(F)(F)F)C(=O)O. The van der Waals surface area contributed by atoms with E-state index in [-0.39, 0.29) is 6.42 Å². The number of nitrogens with one attached hydrogen (secondary N) is 1. The predicted octanol–water partition coefficient (Wildman–Crippen LogP) is 1.08. The van der Waals surface area contributed by atoms with Gasteiger partial charge >= 0.3 is 12.1 Å². The van der Waals surface area contributed by atoms with E-state index in [1.807, 2.05) is 0 Å². The minimum Gasteiger partial charge on any atom is -0.480 e. The van der Waals surface area contributed by atoms with Gasteiger partial charge in [-0.3, -0.25) is 4.79 Å². The lowest BCUT2D eigenvalue weighted by molar-refractivity contribution is -0.156. The van der Waals surface area contributed by atoms with E-state index in [1.54, 1.807) is 5.32 Å². The maximum absolute atomic E-state index is 11.7. The van der Waals surface area contributed by atoms with E-state index in [4.69, 9.17) is 5.11 Å².